The van der Waals surface area contributed by atoms with Gasteiger partial charge in [-0.25, -0.2) is 9.78 Å². The van der Waals surface area contributed by atoms with Gasteiger partial charge in [0.2, 0.25) is 0 Å². The number of aromatic carboxylic acids is 1. The zero-order valence-electron chi connectivity index (χ0n) is 19.4. The molecule has 0 atom stereocenters. The van der Waals surface area contributed by atoms with Gasteiger partial charge in [-0.05, 0) is 42.5 Å². The van der Waals surface area contributed by atoms with Crippen molar-refractivity contribution in [3.63, 3.8) is 0 Å². The first-order valence-electron chi connectivity index (χ1n) is 11.0. The van der Waals surface area contributed by atoms with Crippen molar-refractivity contribution < 1.29 is 19.4 Å². The number of aromatic nitrogens is 1. The van der Waals surface area contributed by atoms with Crippen LogP contribution in [-0.4, -0.2) is 28.4 Å². The Morgan fingerprint density at radius 1 is 1.06 bits per heavy atom. The van der Waals surface area contributed by atoms with E-state index in [0.29, 0.717) is 26.4 Å². The van der Waals surface area contributed by atoms with Gasteiger partial charge in [-0.15, -0.1) is 11.3 Å². The molecular weight excluding hydrogens is 519 g/mol. The Labute approximate surface area is 221 Å². The standard InChI is InChI=1S/C27H22Cl2N2O4S/c1-14(2)25(32)18(24(30)23-19(28)7-4-8-20(23)29)13-35-17-9-10-21-22(12-17)36-26(31-21)15-5-3-6-16(11-15)27(33)34/h3-12,14H,13,30H2,1-2H3,(H,33,34)/b24-18-. The van der Waals surface area contributed by atoms with Crippen molar-refractivity contribution in [3.8, 4) is 16.3 Å². The zero-order chi connectivity index (χ0) is 26.0. The molecule has 3 aromatic carbocycles. The summed E-state index contributed by atoms with van der Waals surface area (Å²) in [6.07, 6.45) is 0. The van der Waals surface area contributed by atoms with Crippen LogP contribution in [0.3, 0.4) is 0 Å². The summed E-state index contributed by atoms with van der Waals surface area (Å²) in [4.78, 5) is 28.9. The van der Waals surface area contributed by atoms with Crippen LogP contribution in [0.5, 0.6) is 5.75 Å². The number of halogens is 2. The summed E-state index contributed by atoms with van der Waals surface area (Å²) in [6.45, 7) is 3.50. The average Bonchev–Trinajstić information content (AvgIpc) is 3.27. The molecule has 0 radical (unpaired) electrons. The molecule has 9 heteroatoms. The highest BCUT2D eigenvalue weighted by molar-refractivity contribution is 7.21. The fourth-order valence-electron chi connectivity index (χ4n) is 3.60. The number of nitrogens with zero attached hydrogens (tertiary/aromatic N) is 1. The predicted octanol–water partition coefficient (Wildman–Crippen LogP) is 6.94. The molecule has 3 N–H and O–H groups in total. The third-order valence-corrected chi connectivity index (χ3v) is 7.18. The van der Waals surface area contributed by atoms with Gasteiger partial charge >= 0.3 is 5.97 Å². The number of fused-ring (bicyclic) bond motifs is 1. The Balaban J connectivity index is 1.64. The first-order valence-corrected chi connectivity index (χ1v) is 12.6. The lowest BCUT2D eigenvalue weighted by molar-refractivity contribution is -0.118. The number of ketones is 1. The molecular formula is C27H22Cl2N2O4S. The van der Waals surface area contributed by atoms with E-state index < -0.39 is 5.97 Å². The van der Waals surface area contributed by atoms with Gasteiger partial charge in [-0.1, -0.05) is 55.2 Å². The third-order valence-electron chi connectivity index (χ3n) is 5.48. The second-order valence-corrected chi connectivity index (χ2v) is 10.2. The van der Waals surface area contributed by atoms with Gasteiger partial charge in [-0.2, -0.15) is 0 Å². The molecule has 6 nitrogen and oxygen atoms in total. The average molecular weight is 541 g/mol. The first-order chi connectivity index (χ1) is 17.2. The number of carboxylic acid groups (broad SMARTS) is 1. The van der Waals surface area contributed by atoms with E-state index in [2.05, 4.69) is 4.98 Å². The molecule has 0 aliphatic heterocycles. The van der Waals surface area contributed by atoms with Gasteiger partial charge in [0.1, 0.15) is 17.4 Å². The van der Waals surface area contributed by atoms with Gasteiger partial charge in [-0.3, -0.25) is 4.79 Å². The Morgan fingerprint density at radius 2 is 1.75 bits per heavy atom. The topological polar surface area (TPSA) is 103 Å². The summed E-state index contributed by atoms with van der Waals surface area (Å²) in [7, 11) is 0. The number of hydrogen-bond donors (Lipinski definition) is 2. The van der Waals surface area contributed by atoms with Crippen molar-refractivity contribution in [2.24, 2.45) is 11.7 Å². The maximum Gasteiger partial charge on any atom is 0.335 e. The number of rotatable bonds is 8. The molecule has 0 aliphatic carbocycles. The molecule has 0 amide bonds. The lowest BCUT2D eigenvalue weighted by Crippen LogP contribution is -2.21. The fraction of sp³-hybridized carbons (Fsp3) is 0.148. The number of carboxylic acids is 1. The monoisotopic (exact) mass is 540 g/mol. The van der Waals surface area contributed by atoms with E-state index in [4.69, 9.17) is 33.7 Å². The molecule has 0 fully saturated rings. The van der Waals surface area contributed by atoms with Crippen LogP contribution in [0.25, 0.3) is 26.5 Å². The normalized spacial score (nSPS) is 12.0. The van der Waals surface area contributed by atoms with Crippen LogP contribution >= 0.6 is 34.5 Å². The van der Waals surface area contributed by atoms with Crippen LogP contribution in [0.1, 0.15) is 29.8 Å². The van der Waals surface area contributed by atoms with E-state index >= 15 is 0 Å². The van der Waals surface area contributed by atoms with E-state index in [9.17, 15) is 14.7 Å². The molecule has 1 heterocycles. The number of benzene rings is 3. The lowest BCUT2D eigenvalue weighted by Gasteiger charge is -2.16. The molecule has 0 unspecified atom stereocenters. The van der Waals surface area contributed by atoms with E-state index in [1.807, 2.05) is 18.2 Å². The number of nitrogens with two attached hydrogens (primary N) is 1. The Morgan fingerprint density at radius 3 is 2.42 bits per heavy atom. The van der Waals surface area contributed by atoms with E-state index in [-0.39, 0.29) is 35.1 Å². The van der Waals surface area contributed by atoms with Crippen LogP contribution in [0.2, 0.25) is 10.0 Å². The minimum absolute atomic E-state index is 0.0672. The van der Waals surface area contributed by atoms with Gasteiger partial charge in [0.25, 0.3) is 0 Å². The Hall–Kier alpha value is -3.39. The van der Waals surface area contributed by atoms with E-state index in [1.165, 1.54) is 17.4 Å². The molecule has 0 saturated carbocycles. The van der Waals surface area contributed by atoms with Crippen molar-refractivity contribution in [3.05, 3.63) is 87.4 Å². The third kappa shape index (κ3) is 5.38. The van der Waals surface area contributed by atoms with E-state index in [0.717, 1.165) is 15.8 Å². The fourth-order valence-corrected chi connectivity index (χ4v) is 5.19. The Kier molecular flexibility index (Phi) is 7.64. The van der Waals surface area contributed by atoms with Crippen LogP contribution in [-0.2, 0) is 4.79 Å². The van der Waals surface area contributed by atoms with E-state index in [1.54, 1.807) is 50.2 Å². The quantitative estimate of drug-likeness (QED) is 0.234. The van der Waals surface area contributed by atoms with Crippen molar-refractivity contribution in [1.29, 1.82) is 0 Å². The van der Waals surface area contributed by atoms with Crippen LogP contribution in [0.15, 0.2) is 66.2 Å². The summed E-state index contributed by atoms with van der Waals surface area (Å²) in [5.41, 5.74) is 8.93. The molecule has 4 aromatic rings. The minimum atomic E-state index is -0.995. The molecule has 0 spiro atoms. The smallest absolute Gasteiger partial charge is 0.335 e. The number of hydrogen-bond acceptors (Lipinski definition) is 6. The van der Waals surface area contributed by atoms with Gasteiger partial charge in [0.05, 0.1) is 37.1 Å². The maximum atomic E-state index is 13.0. The minimum Gasteiger partial charge on any atom is -0.489 e. The number of carbonyl (C=O) groups is 2. The molecule has 36 heavy (non-hydrogen) atoms. The summed E-state index contributed by atoms with van der Waals surface area (Å²) >= 11 is 14.1. The summed E-state index contributed by atoms with van der Waals surface area (Å²) < 4.78 is 6.84. The summed E-state index contributed by atoms with van der Waals surface area (Å²) in [5.74, 6) is -0.936. The summed E-state index contributed by atoms with van der Waals surface area (Å²) in [5, 5.41) is 10.7. The molecule has 1 aromatic heterocycles. The van der Waals surface area contributed by atoms with Crippen LogP contribution < -0.4 is 10.5 Å². The van der Waals surface area contributed by atoms with Crippen molar-refractivity contribution in [1.82, 2.24) is 4.98 Å². The zero-order valence-corrected chi connectivity index (χ0v) is 21.7. The van der Waals surface area contributed by atoms with Gasteiger partial charge in [0.15, 0.2) is 5.78 Å². The first kappa shape index (κ1) is 25.7. The molecule has 0 bridgehead atoms. The van der Waals surface area contributed by atoms with Gasteiger partial charge < -0.3 is 15.6 Å². The highest BCUT2D eigenvalue weighted by Gasteiger charge is 2.22. The lowest BCUT2D eigenvalue weighted by atomic mass is 9.97. The highest BCUT2D eigenvalue weighted by atomic mass is 35.5. The number of carbonyl (C=O) groups excluding carboxylic acids is 1. The molecule has 0 saturated heterocycles. The molecule has 4 rings (SSSR count). The van der Waals surface area contributed by atoms with Crippen LogP contribution in [0.4, 0.5) is 0 Å². The van der Waals surface area contributed by atoms with Crippen LogP contribution in [0, 0.1) is 5.92 Å². The second kappa shape index (κ2) is 10.7. The van der Waals surface area contributed by atoms with Crippen molar-refractivity contribution in [2.45, 2.75) is 13.8 Å². The predicted molar refractivity (Wildman–Crippen MR) is 145 cm³/mol. The maximum absolute atomic E-state index is 13.0. The molecule has 0 aliphatic rings. The SMILES string of the molecule is CC(C)C(=O)/C(COc1ccc2nc(-c3cccc(C(=O)O)c3)sc2c1)=C(\N)c1c(Cl)cccc1Cl. The highest BCUT2D eigenvalue weighted by Crippen LogP contribution is 2.34. The van der Waals surface area contributed by atoms with Gasteiger partial charge in [0, 0.05) is 17.0 Å². The number of ether oxygens (including phenoxy) is 1. The second-order valence-electron chi connectivity index (χ2n) is 8.33. The number of thiazole rings is 1. The Bertz CT molecular complexity index is 1490. The van der Waals surface area contributed by atoms with Crippen molar-refractivity contribution >= 4 is 62.2 Å². The molecule has 184 valence electrons. The largest absolute Gasteiger partial charge is 0.489 e. The van der Waals surface area contributed by atoms with Crippen molar-refractivity contribution in [2.75, 3.05) is 6.61 Å². The summed E-state index contributed by atoms with van der Waals surface area (Å²) in [6, 6.07) is 17.1. The number of Topliss-reactive ketones (excluding diaryl/α,β-unsaturated/α-hetero) is 1.